The quantitative estimate of drug-likeness (QED) is 0.849. The van der Waals surface area contributed by atoms with Crippen LogP contribution in [0.15, 0.2) is 18.2 Å². The molecule has 0 bridgehead atoms. The third-order valence-electron chi connectivity index (χ3n) is 3.58. The van der Waals surface area contributed by atoms with Gasteiger partial charge in [-0.25, -0.2) is 0 Å². The van der Waals surface area contributed by atoms with Crippen molar-refractivity contribution < 1.29 is 9.84 Å². The Kier molecular flexibility index (Phi) is 3.28. The summed E-state index contributed by atoms with van der Waals surface area (Å²) in [6, 6.07) is 6.20. The number of fused-ring (bicyclic) bond motifs is 1. The topological polar surface area (TPSA) is 29.5 Å². The van der Waals surface area contributed by atoms with Crippen LogP contribution < -0.4 is 0 Å². The molecule has 0 saturated heterocycles. The van der Waals surface area contributed by atoms with Gasteiger partial charge in [-0.1, -0.05) is 39.0 Å². The van der Waals surface area contributed by atoms with E-state index in [1.54, 1.807) is 7.11 Å². The van der Waals surface area contributed by atoms with Crippen LogP contribution in [0, 0.1) is 5.41 Å². The lowest BCUT2D eigenvalue weighted by atomic mass is 9.82. The number of aliphatic hydroxyl groups excluding tert-OH is 1. The second-order valence-corrected chi connectivity index (χ2v) is 5.95. The third kappa shape index (κ3) is 2.24. The number of hydrogen-bond donors (Lipinski definition) is 1. The molecule has 1 unspecified atom stereocenters. The average Bonchev–Trinajstić information content (AvgIpc) is 2.61. The summed E-state index contributed by atoms with van der Waals surface area (Å²) in [5.41, 5.74) is 3.70. The maximum Gasteiger partial charge on any atom is 0.0872 e. The molecule has 1 aliphatic rings. The van der Waals surface area contributed by atoms with Crippen molar-refractivity contribution >= 4 is 0 Å². The molecule has 1 N–H and O–H groups in total. The number of hydrogen-bond acceptors (Lipinski definition) is 2. The molecule has 0 saturated carbocycles. The first-order valence-electron chi connectivity index (χ1n) is 6.27. The molecule has 94 valence electrons. The van der Waals surface area contributed by atoms with Gasteiger partial charge < -0.3 is 9.84 Å². The third-order valence-corrected chi connectivity index (χ3v) is 3.58. The van der Waals surface area contributed by atoms with E-state index in [1.807, 2.05) is 12.1 Å². The molecule has 2 heteroatoms. The number of rotatable bonds is 2. The van der Waals surface area contributed by atoms with E-state index in [-0.39, 0.29) is 17.6 Å². The zero-order chi connectivity index (χ0) is 12.6. The maximum absolute atomic E-state index is 9.92. The van der Waals surface area contributed by atoms with Gasteiger partial charge >= 0.3 is 0 Å². The first-order valence-corrected chi connectivity index (χ1v) is 6.27. The van der Waals surface area contributed by atoms with E-state index in [4.69, 9.17) is 4.74 Å². The van der Waals surface area contributed by atoms with E-state index in [0.717, 1.165) is 18.4 Å². The van der Waals surface area contributed by atoms with Crippen molar-refractivity contribution in [3.63, 3.8) is 0 Å². The molecular formula is C15H22O2. The van der Waals surface area contributed by atoms with Crippen LogP contribution in [0.4, 0.5) is 0 Å². The van der Waals surface area contributed by atoms with Crippen LogP contribution >= 0.6 is 0 Å². The normalized spacial score (nSPS) is 21.4. The monoisotopic (exact) mass is 234 g/mol. The molecule has 0 radical (unpaired) electrons. The molecule has 0 amide bonds. The first-order chi connectivity index (χ1) is 7.95. The van der Waals surface area contributed by atoms with Crippen LogP contribution in [0.2, 0.25) is 0 Å². The van der Waals surface area contributed by atoms with Gasteiger partial charge in [0.25, 0.3) is 0 Å². The fourth-order valence-corrected chi connectivity index (χ4v) is 2.85. The lowest BCUT2D eigenvalue weighted by molar-refractivity contribution is 0.0146. The molecule has 1 aliphatic carbocycles. The summed E-state index contributed by atoms with van der Waals surface area (Å²) in [7, 11) is 1.76. The highest BCUT2D eigenvalue weighted by Gasteiger charge is 2.31. The predicted molar refractivity (Wildman–Crippen MR) is 68.9 cm³/mol. The van der Waals surface area contributed by atoms with E-state index in [0.29, 0.717) is 0 Å². The van der Waals surface area contributed by atoms with E-state index in [2.05, 4.69) is 26.8 Å². The van der Waals surface area contributed by atoms with Gasteiger partial charge in [-0.15, -0.1) is 0 Å². The molecule has 1 aromatic carbocycles. The number of aliphatic hydroxyl groups is 1. The standard InChI is InChI=1S/C15H22O2/c1-15(2,3)14(17-4)12-7-5-6-11-10(12)8-9-13(11)16/h5-7,13-14,16H,8-9H2,1-4H3/t13-,14?/m0/s1. The molecule has 2 atom stereocenters. The fourth-order valence-electron chi connectivity index (χ4n) is 2.85. The van der Waals surface area contributed by atoms with E-state index in [9.17, 15) is 5.11 Å². The summed E-state index contributed by atoms with van der Waals surface area (Å²) in [5.74, 6) is 0. The van der Waals surface area contributed by atoms with Gasteiger partial charge in [0.1, 0.15) is 0 Å². The fraction of sp³-hybridized carbons (Fsp3) is 0.600. The van der Waals surface area contributed by atoms with Gasteiger partial charge in [-0.05, 0) is 34.9 Å². The SMILES string of the molecule is COC(c1cccc2c1CC[C@@H]2O)C(C)(C)C. The van der Waals surface area contributed by atoms with Crippen molar-refractivity contribution in [1.82, 2.24) is 0 Å². The Morgan fingerprint density at radius 1 is 1.35 bits per heavy atom. The van der Waals surface area contributed by atoms with Crippen LogP contribution in [-0.2, 0) is 11.2 Å². The molecule has 0 fully saturated rings. The predicted octanol–water partition coefficient (Wildman–Crippen LogP) is 3.40. The second-order valence-electron chi connectivity index (χ2n) is 5.95. The Hall–Kier alpha value is -0.860. The Morgan fingerprint density at radius 3 is 2.65 bits per heavy atom. The molecular weight excluding hydrogens is 212 g/mol. The van der Waals surface area contributed by atoms with Crippen LogP contribution in [0.25, 0.3) is 0 Å². The van der Waals surface area contributed by atoms with Crippen LogP contribution in [0.5, 0.6) is 0 Å². The lowest BCUT2D eigenvalue weighted by Gasteiger charge is -2.31. The largest absolute Gasteiger partial charge is 0.388 e. The van der Waals surface area contributed by atoms with Crippen molar-refractivity contribution in [2.75, 3.05) is 7.11 Å². The van der Waals surface area contributed by atoms with E-state index in [1.165, 1.54) is 11.1 Å². The van der Waals surface area contributed by atoms with Gasteiger partial charge in [-0.2, -0.15) is 0 Å². The van der Waals surface area contributed by atoms with Gasteiger partial charge in [0.2, 0.25) is 0 Å². The lowest BCUT2D eigenvalue weighted by Crippen LogP contribution is -2.21. The summed E-state index contributed by atoms with van der Waals surface area (Å²) in [4.78, 5) is 0. The van der Waals surface area contributed by atoms with Gasteiger partial charge in [0, 0.05) is 7.11 Å². The minimum Gasteiger partial charge on any atom is -0.388 e. The van der Waals surface area contributed by atoms with Crippen LogP contribution in [0.3, 0.4) is 0 Å². The van der Waals surface area contributed by atoms with Crippen molar-refractivity contribution in [2.45, 2.75) is 45.8 Å². The average molecular weight is 234 g/mol. The van der Waals surface area contributed by atoms with E-state index < -0.39 is 0 Å². The van der Waals surface area contributed by atoms with E-state index >= 15 is 0 Å². The van der Waals surface area contributed by atoms with Crippen molar-refractivity contribution in [1.29, 1.82) is 0 Å². The second kappa shape index (κ2) is 4.43. The molecule has 0 aliphatic heterocycles. The summed E-state index contributed by atoms with van der Waals surface area (Å²) >= 11 is 0. The van der Waals surface area contributed by atoms with Crippen molar-refractivity contribution in [2.24, 2.45) is 5.41 Å². The summed E-state index contributed by atoms with van der Waals surface area (Å²) in [6.07, 6.45) is 1.60. The van der Waals surface area contributed by atoms with Crippen LogP contribution in [-0.4, -0.2) is 12.2 Å². The highest BCUT2D eigenvalue weighted by Crippen LogP contribution is 2.42. The number of benzene rings is 1. The molecule has 17 heavy (non-hydrogen) atoms. The minimum absolute atomic E-state index is 0.0669. The zero-order valence-corrected chi connectivity index (χ0v) is 11.2. The molecule has 0 heterocycles. The Balaban J connectivity index is 2.46. The number of ether oxygens (including phenoxy) is 1. The summed E-state index contributed by atoms with van der Waals surface area (Å²) in [5, 5.41) is 9.92. The zero-order valence-electron chi connectivity index (χ0n) is 11.2. The first kappa shape index (κ1) is 12.6. The molecule has 0 aromatic heterocycles. The Labute approximate surface area is 104 Å². The van der Waals surface area contributed by atoms with Gasteiger partial charge in [-0.3, -0.25) is 0 Å². The highest BCUT2D eigenvalue weighted by molar-refractivity contribution is 5.41. The van der Waals surface area contributed by atoms with Gasteiger partial charge in [0.05, 0.1) is 12.2 Å². The maximum atomic E-state index is 9.92. The van der Waals surface area contributed by atoms with Crippen LogP contribution in [0.1, 0.15) is 56.1 Å². The molecule has 2 nitrogen and oxygen atoms in total. The molecule has 1 aromatic rings. The van der Waals surface area contributed by atoms with Crippen molar-refractivity contribution in [3.05, 3.63) is 34.9 Å². The highest BCUT2D eigenvalue weighted by atomic mass is 16.5. The van der Waals surface area contributed by atoms with Gasteiger partial charge in [0.15, 0.2) is 0 Å². The molecule has 2 rings (SSSR count). The Bertz CT molecular complexity index is 404. The minimum atomic E-state index is -0.289. The van der Waals surface area contributed by atoms with Crippen molar-refractivity contribution in [3.8, 4) is 0 Å². The number of methoxy groups -OCH3 is 1. The summed E-state index contributed by atoms with van der Waals surface area (Å²) in [6.45, 7) is 6.56. The summed E-state index contributed by atoms with van der Waals surface area (Å²) < 4.78 is 5.68. The Morgan fingerprint density at radius 2 is 2.06 bits per heavy atom. The smallest absolute Gasteiger partial charge is 0.0872 e. The molecule has 0 spiro atoms.